The molecule has 18 heavy (non-hydrogen) atoms. The molecule has 1 fully saturated rings. The van der Waals surface area contributed by atoms with Gasteiger partial charge < -0.3 is 9.84 Å². The fourth-order valence-corrected chi connectivity index (χ4v) is 2.22. The minimum Gasteiger partial charge on any atom is -0.495 e. The molecule has 3 heteroatoms. The van der Waals surface area contributed by atoms with Gasteiger partial charge in [0.2, 0.25) is 0 Å². The van der Waals surface area contributed by atoms with E-state index >= 15 is 0 Å². The average molecular weight is 248 g/mol. The van der Waals surface area contributed by atoms with Crippen molar-refractivity contribution in [3.63, 3.8) is 0 Å². The van der Waals surface area contributed by atoms with Crippen LogP contribution >= 0.6 is 0 Å². The van der Waals surface area contributed by atoms with E-state index in [1.807, 2.05) is 0 Å². The van der Waals surface area contributed by atoms with Crippen molar-refractivity contribution >= 4 is 0 Å². The summed E-state index contributed by atoms with van der Waals surface area (Å²) in [5.41, 5.74) is -0.438. The van der Waals surface area contributed by atoms with E-state index in [0.29, 0.717) is 24.2 Å². The molecule has 0 saturated heterocycles. The Morgan fingerprint density at radius 2 is 2.00 bits per heavy atom. The van der Waals surface area contributed by atoms with Crippen LogP contribution in [0.2, 0.25) is 0 Å². The molecule has 1 aromatic carbocycles. The van der Waals surface area contributed by atoms with E-state index in [1.165, 1.54) is 19.2 Å². The predicted molar refractivity (Wildman–Crippen MR) is 67.9 cm³/mol. The summed E-state index contributed by atoms with van der Waals surface area (Å²) in [7, 11) is 1.52. The molecule has 0 unspecified atom stereocenters. The van der Waals surface area contributed by atoms with Crippen molar-refractivity contribution in [3.05, 3.63) is 29.6 Å². The minimum atomic E-state index is -0.921. The van der Waals surface area contributed by atoms with Gasteiger partial charge in [0.25, 0.3) is 0 Å². The van der Waals surface area contributed by atoms with Gasteiger partial charge in [-0.15, -0.1) is 0 Å². The minimum absolute atomic E-state index is 0.351. The SMILES string of the molecule is COc1ccc(F)cc1C#CC1(O)CCCCC1. The van der Waals surface area contributed by atoms with Crippen LogP contribution in [0.4, 0.5) is 4.39 Å². The van der Waals surface area contributed by atoms with Gasteiger partial charge in [-0.25, -0.2) is 4.39 Å². The number of halogens is 1. The van der Waals surface area contributed by atoms with Crippen molar-refractivity contribution in [2.75, 3.05) is 7.11 Å². The molecule has 0 aliphatic heterocycles. The van der Waals surface area contributed by atoms with Gasteiger partial charge in [-0.2, -0.15) is 0 Å². The van der Waals surface area contributed by atoms with E-state index < -0.39 is 5.60 Å². The zero-order valence-corrected chi connectivity index (χ0v) is 10.5. The lowest BCUT2D eigenvalue weighted by molar-refractivity contribution is 0.0610. The first-order chi connectivity index (χ1) is 8.63. The molecular weight excluding hydrogens is 231 g/mol. The van der Waals surface area contributed by atoms with Crippen molar-refractivity contribution < 1.29 is 14.2 Å². The summed E-state index contributed by atoms with van der Waals surface area (Å²) in [5.74, 6) is 5.90. The quantitative estimate of drug-likeness (QED) is 0.774. The number of aliphatic hydroxyl groups is 1. The lowest BCUT2D eigenvalue weighted by Gasteiger charge is -2.26. The molecule has 0 bridgehead atoms. The number of benzene rings is 1. The largest absolute Gasteiger partial charge is 0.495 e. The van der Waals surface area contributed by atoms with Gasteiger partial charge in [0.15, 0.2) is 0 Å². The molecule has 1 aliphatic rings. The van der Waals surface area contributed by atoms with Crippen LogP contribution in [0.5, 0.6) is 5.75 Å². The first-order valence-corrected chi connectivity index (χ1v) is 6.22. The van der Waals surface area contributed by atoms with E-state index in [1.54, 1.807) is 6.07 Å². The second-order valence-electron chi connectivity index (χ2n) is 4.69. The van der Waals surface area contributed by atoms with Crippen LogP contribution in [-0.2, 0) is 0 Å². The third kappa shape index (κ3) is 3.02. The molecule has 0 heterocycles. The molecule has 0 aromatic heterocycles. The van der Waals surface area contributed by atoms with E-state index in [-0.39, 0.29) is 5.82 Å². The first-order valence-electron chi connectivity index (χ1n) is 6.22. The Morgan fingerprint density at radius 1 is 1.28 bits per heavy atom. The van der Waals surface area contributed by atoms with Crippen molar-refractivity contribution in [1.29, 1.82) is 0 Å². The Balaban J connectivity index is 2.25. The van der Waals surface area contributed by atoms with Gasteiger partial charge in [-0.1, -0.05) is 18.3 Å². The van der Waals surface area contributed by atoms with Crippen LogP contribution in [-0.4, -0.2) is 17.8 Å². The molecule has 0 spiro atoms. The molecule has 96 valence electrons. The summed E-state index contributed by atoms with van der Waals surface area (Å²) in [4.78, 5) is 0. The van der Waals surface area contributed by atoms with Crippen molar-refractivity contribution in [1.82, 2.24) is 0 Å². The number of rotatable bonds is 1. The Labute approximate surface area is 107 Å². The normalized spacial score (nSPS) is 17.7. The van der Waals surface area contributed by atoms with Crippen LogP contribution < -0.4 is 4.74 Å². The lowest BCUT2D eigenvalue weighted by atomic mass is 9.85. The summed E-state index contributed by atoms with van der Waals surface area (Å²) < 4.78 is 18.3. The monoisotopic (exact) mass is 248 g/mol. The summed E-state index contributed by atoms with van der Waals surface area (Å²) in [6.07, 6.45) is 4.51. The maximum absolute atomic E-state index is 13.2. The summed E-state index contributed by atoms with van der Waals surface area (Å²) in [6.45, 7) is 0. The van der Waals surface area contributed by atoms with Gasteiger partial charge in [0.05, 0.1) is 12.7 Å². The standard InChI is InChI=1S/C15H17FO2/c1-18-14-6-5-13(16)11-12(14)7-10-15(17)8-3-2-4-9-15/h5-6,11,17H,2-4,8-9H2,1H3. The number of methoxy groups -OCH3 is 1. The third-order valence-electron chi connectivity index (χ3n) is 3.27. The third-order valence-corrected chi connectivity index (χ3v) is 3.27. The van der Waals surface area contributed by atoms with Crippen molar-refractivity contribution in [2.45, 2.75) is 37.7 Å². The zero-order valence-electron chi connectivity index (χ0n) is 10.5. The smallest absolute Gasteiger partial charge is 0.134 e. The average Bonchev–Trinajstić information content (AvgIpc) is 2.38. The molecule has 0 radical (unpaired) electrons. The van der Waals surface area contributed by atoms with Gasteiger partial charge in [-0.05, 0) is 43.9 Å². The molecule has 1 aromatic rings. The maximum Gasteiger partial charge on any atom is 0.134 e. The van der Waals surface area contributed by atoms with Crippen LogP contribution in [0.1, 0.15) is 37.7 Å². The van der Waals surface area contributed by atoms with E-state index in [0.717, 1.165) is 19.3 Å². The van der Waals surface area contributed by atoms with Gasteiger partial charge in [-0.3, -0.25) is 0 Å². The summed E-state index contributed by atoms with van der Waals surface area (Å²) >= 11 is 0. The molecule has 0 atom stereocenters. The van der Waals surface area contributed by atoms with Crippen LogP contribution in [0.25, 0.3) is 0 Å². The Morgan fingerprint density at radius 3 is 2.67 bits per heavy atom. The topological polar surface area (TPSA) is 29.5 Å². The second-order valence-corrected chi connectivity index (χ2v) is 4.69. The number of hydrogen-bond donors (Lipinski definition) is 1. The molecule has 2 rings (SSSR count). The maximum atomic E-state index is 13.2. The van der Waals surface area contributed by atoms with Gasteiger partial charge in [0, 0.05) is 0 Å². The van der Waals surface area contributed by atoms with E-state index in [2.05, 4.69) is 11.8 Å². The zero-order chi connectivity index (χ0) is 13.0. The van der Waals surface area contributed by atoms with Crippen LogP contribution in [0.3, 0.4) is 0 Å². The molecule has 0 amide bonds. The number of ether oxygens (including phenoxy) is 1. The van der Waals surface area contributed by atoms with Gasteiger partial charge >= 0.3 is 0 Å². The summed E-state index contributed by atoms with van der Waals surface area (Å²) in [5, 5.41) is 10.3. The highest BCUT2D eigenvalue weighted by Crippen LogP contribution is 2.27. The summed E-state index contributed by atoms with van der Waals surface area (Å²) in [6, 6.07) is 4.21. The Bertz CT molecular complexity index is 479. The van der Waals surface area contributed by atoms with Crippen molar-refractivity contribution in [3.8, 4) is 17.6 Å². The fourth-order valence-electron chi connectivity index (χ4n) is 2.22. The van der Waals surface area contributed by atoms with Gasteiger partial charge in [0.1, 0.15) is 17.2 Å². The molecule has 1 saturated carbocycles. The highest BCUT2D eigenvalue weighted by molar-refractivity contribution is 5.47. The van der Waals surface area contributed by atoms with E-state index in [4.69, 9.17) is 4.74 Å². The molecule has 2 nitrogen and oxygen atoms in total. The molecule has 1 aliphatic carbocycles. The Hall–Kier alpha value is -1.53. The Kier molecular flexibility index (Phi) is 3.88. The second kappa shape index (κ2) is 5.41. The lowest BCUT2D eigenvalue weighted by Crippen LogP contribution is -2.29. The van der Waals surface area contributed by atoms with Crippen molar-refractivity contribution in [2.24, 2.45) is 0 Å². The van der Waals surface area contributed by atoms with Crippen LogP contribution in [0.15, 0.2) is 18.2 Å². The number of hydrogen-bond acceptors (Lipinski definition) is 2. The molecular formula is C15H17FO2. The van der Waals surface area contributed by atoms with E-state index in [9.17, 15) is 9.50 Å². The first kappa shape index (κ1) is 12.9. The predicted octanol–water partition coefficient (Wildman–Crippen LogP) is 2.88. The highest BCUT2D eigenvalue weighted by atomic mass is 19.1. The van der Waals surface area contributed by atoms with Crippen LogP contribution in [0, 0.1) is 17.7 Å². The molecule has 1 N–H and O–H groups in total. The fraction of sp³-hybridized carbons (Fsp3) is 0.467. The highest BCUT2D eigenvalue weighted by Gasteiger charge is 2.26.